The number of ether oxygens (including phenoxy) is 1. The van der Waals surface area contributed by atoms with E-state index >= 15 is 0 Å². The van der Waals surface area contributed by atoms with Crippen LogP contribution in [0.25, 0.3) is 9.75 Å². The Kier molecular flexibility index (Phi) is 15.5. The molecule has 0 saturated heterocycles. The molecule has 1 aliphatic heterocycles. The zero-order valence-corrected chi connectivity index (χ0v) is 30.4. The van der Waals surface area contributed by atoms with Crippen molar-refractivity contribution in [3.05, 3.63) is 28.5 Å². The van der Waals surface area contributed by atoms with Gasteiger partial charge in [0, 0.05) is 5.56 Å². The minimum atomic E-state index is -0.153. The van der Waals surface area contributed by atoms with Crippen molar-refractivity contribution < 1.29 is 4.74 Å². The number of thiophene rings is 2. The van der Waals surface area contributed by atoms with Crippen LogP contribution in [0.5, 0.6) is 5.75 Å². The Hall–Kier alpha value is -0.800. The average Bonchev–Trinajstić information content (AvgIpc) is 3.60. The molecular weight excluding hydrogens is 549 g/mol. The van der Waals surface area contributed by atoms with Crippen molar-refractivity contribution in [2.45, 2.75) is 164 Å². The summed E-state index contributed by atoms with van der Waals surface area (Å²) in [5.74, 6) is 6.09. The largest absolute Gasteiger partial charge is 0.481 e. The lowest BCUT2D eigenvalue weighted by molar-refractivity contribution is 0.0323. The highest BCUT2D eigenvalue weighted by Crippen LogP contribution is 2.54. The smallest absolute Gasteiger partial charge is 0.140 e. The summed E-state index contributed by atoms with van der Waals surface area (Å²) in [6.45, 7) is 19.3. The first kappa shape index (κ1) is 35.7. The van der Waals surface area contributed by atoms with Crippen LogP contribution >= 0.6 is 22.7 Å². The van der Waals surface area contributed by atoms with Crippen LogP contribution in [0.2, 0.25) is 0 Å². The second-order valence-electron chi connectivity index (χ2n) is 15.4. The van der Waals surface area contributed by atoms with Crippen molar-refractivity contribution in [1.29, 1.82) is 0 Å². The summed E-state index contributed by atoms with van der Waals surface area (Å²) in [4.78, 5) is 2.84. The number of hydrogen-bond donors (Lipinski definition) is 0. The van der Waals surface area contributed by atoms with E-state index in [1.165, 1.54) is 105 Å². The first-order valence-electron chi connectivity index (χ1n) is 17.9. The van der Waals surface area contributed by atoms with Crippen molar-refractivity contribution in [1.82, 2.24) is 0 Å². The summed E-state index contributed by atoms with van der Waals surface area (Å²) >= 11 is 3.77. The van der Waals surface area contributed by atoms with E-state index < -0.39 is 0 Å². The Balaban J connectivity index is 1.52. The van der Waals surface area contributed by atoms with Crippen LogP contribution in [-0.4, -0.2) is 0 Å². The molecule has 3 rings (SSSR count). The van der Waals surface area contributed by atoms with Crippen LogP contribution in [0.1, 0.15) is 164 Å². The topological polar surface area (TPSA) is 9.23 Å². The first-order valence-corrected chi connectivity index (χ1v) is 19.7. The molecule has 0 spiro atoms. The Morgan fingerprint density at radius 3 is 1.40 bits per heavy atom. The normalized spacial score (nSPS) is 19.4. The molecule has 1 nitrogen and oxygen atoms in total. The molecule has 0 fully saturated rings. The summed E-state index contributed by atoms with van der Waals surface area (Å²) in [7, 11) is 0. The minimum Gasteiger partial charge on any atom is -0.481 e. The fraction of sp³-hybridized carbons (Fsp3) is 0.795. The van der Waals surface area contributed by atoms with Gasteiger partial charge in [0.15, 0.2) is 0 Å². The fourth-order valence-electron chi connectivity index (χ4n) is 7.06. The van der Waals surface area contributed by atoms with Gasteiger partial charge in [-0.25, -0.2) is 0 Å². The van der Waals surface area contributed by atoms with Crippen LogP contribution in [-0.2, 0) is 5.60 Å². The number of hydrogen-bond acceptors (Lipinski definition) is 3. The molecule has 3 heteroatoms. The quantitative estimate of drug-likeness (QED) is 0.128. The lowest BCUT2D eigenvalue weighted by atomic mass is 9.78. The maximum atomic E-state index is 7.07. The molecule has 4 atom stereocenters. The van der Waals surface area contributed by atoms with Gasteiger partial charge in [0.1, 0.15) is 11.4 Å². The monoisotopic (exact) mass is 614 g/mol. The van der Waals surface area contributed by atoms with Gasteiger partial charge < -0.3 is 4.74 Å². The molecule has 2 aromatic rings. The van der Waals surface area contributed by atoms with Crippen LogP contribution in [0.15, 0.2) is 22.9 Å². The van der Waals surface area contributed by atoms with E-state index in [0.717, 1.165) is 54.1 Å². The summed E-state index contributed by atoms with van der Waals surface area (Å²) in [6, 6.07) is 4.63. The predicted octanol–water partition coefficient (Wildman–Crippen LogP) is 14.2. The van der Waals surface area contributed by atoms with Crippen molar-refractivity contribution in [2.75, 3.05) is 0 Å². The lowest BCUT2D eigenvalue weighted by Crippen LogP contribution is -2.36. The van der Waals surface area contributed by atoms with Crippen LogP contribution < -0.4 is 4.74 Å². The van der Waals surface area contributed by atoms with E-state index in [2.05, 4.69) is 78.3 Å². The van der Waals surface area contributed by atoms with Gasteiger partial charge in [-0.15, -0.1) is 22.7 Å². The molecule has 2 aromatic heterocycles. The second kappa shape index (κ2) is 18.2. The summed E-state index contributed by atoms with van der Waals surface area (Å²) in [6.07, 6.45) is 21.5. The molecule has 0 radical (unpaired) electrons. The lowest BCUT2D eigenvalue weighted by Gasteiger charge is -2.39. The van der Waals surface area contributed by atoms with Gasteiger partial charge in [0.25, 0.3) is 0 Å². The maximum Gasteiger partial charge on any atom is 0.140 e. The molecule has 240 valence electrons. The maximum absolute atomic E-state index is 7.07. The highest BCUT2D eigenvalue weighted by Gasteiger charge is 2.42. The van der Waals surface area contributed by atoms with Crippen LogP contribution in [0.3, 0.4) is 0 Å². The highest BCUT2D eigenvalue weighted by atomic mass is 32.1. The van der Waals surface area contributed by atoms with E-state index in [1.807, 2.05) is 22.7 Å². The van der Waals surface area contributed by atoms with Gasteiger partial charge in [-0.05, 0) is 84.1 Å². The molecule has 42 heavy (non-hydrogen) atoms. The van der Waals surface area contributed by atoms with Crippen LogP contribution in [0.4, 0.5) is 0 Å². The second-order valence-corrected chi connectivity index (χ2v) is 17.2. The third-order valence-electron chi connectivity index (χ3n) is 10.1. The Bertz CT molecular complexity index is 948. The molecule has 0 saturated carbocycles. The van der Waals surface area contributed by atoms with E-state index in [4.69, 9.17) is 4.74 Å². The Morgan fingerprint density at radius 2 is 0.929 bits per heavy atom. The van der Waals surface area contributed by atoms with E-state index in [9.17, 15) is 0 Å². The van der Waals surface area contributed by atoms with Crippen molar-refractivity contribution in [3.63, 3.8) is 0 Å². The molecule has 0 N–H and O–H groups in total. The third-order valence-corrected chi connectivity index (χ3v) is 12.1. The number of rotatable bonds is 22. The third kappa shape index (κ3) is 11.6. The van der Waals surface area contributed by atoms with Crippen molar-refractivity contribution in [2.24, 2.45) is 35.5 Å². The predicted molar refractivity (Wildman–Crippen MR) is 190 cm³/mol. The minimum absolute atomic E-state index is 0.153. The van der Waals surface area contributed by atoms with Crippen LogP contribution in [0, 0.1) is 35.5 Å². The standard InChI is InChI=1S/C39H66OS2/c1-29(2)13-9-15-31(5)17-11-19-33(7)21-25-39(35-23-27-41-37(35)38-36(40-39)24-28-42-38)26-22-34(8)20-12-18-32(6)16-10-14-30(3)4/h23-24,27-34H,9-22,25-26H2,1-8H3. The van der Waals surface area contributed by atoms with E-state index in [1.54, 1.807) is 0 Å². The van der Waals surface area contributed by atoms with Gasteiger partial charge in [-0.1, -0.05) is 132 Å². The first-order chi connectivity index (χ1) is 20.1. The Labute approximate surface area is 269 Å². The average molecular weight is 615 g/mol. The molecule has 4 unspecified atom stereocenters. The summed E-state index contributed by atoms with van der Waals surface area (Å²) in [5, 5.41) is 4.53. The number of fused-ring (bicyclic) bond motifs is 3. The molecule has 3 heterocycles. The van der Waals surface area contributed by atoms with Gasteiger partial charge in [-0.3, -0.25) is 0 Å². The molecular formula is C39H66OS2. The SMILES string of the molecule is CC(C)CCCC(C)CCCC(C)CCC1(CCC(C)CCCC(C)CCCC(C)C)Oc2ccsc2-c2sccc21. The summed E-state index contributed by atoms with van der Waals surface area (Å²) < 4.78 is 7.07. The Morgan fingerprint density at radius 1 is 0.524 bits per heavy atom. The van der Waals surface area contributed by atoms with Gasteiger partial charge in [0.05, 0.1) is 9.75 Å². The highest BCUT2D eigenvalue weighted by molar-refractivity contribution is 7.20. The van der Waals surface area contributed by atoms with Crippen molar-refractivity contribution >= 4 is 22.7 Å². The zero-order valence-electron chi connectivity index (χ0n) is 28.8. The molecule has 0 bridgehead atoms. The van der Waals surface area contributed by atoms with Gasteiger partial charge in [0.2, 0.25) is 0 Å². The molecule has 0 amide bonds. The van der Waals surface area contributed by atoms with Gasteiger partial charge in [-0.2, -0.15) is 0 Å². The van der Waals surface area contributed by atoms with E-state index in [-0.39, 0.29) is 5.60 Å². The van der Waals surface area contributed by atoms with Crippen molar-refractivity contribution in [3.8, 4) is 15.5 Å². The molecule has 0 aliphatic carbocycles. The zero-order chi connectivity index (χ0) is 30.5. The molecule has 0 aromatic carbocycles. The summed E-state index contributed by atoms with van der Waals surface area (Å²) in [5.41, 5.74) is 1.33. The van der Waals surface area contributed by atoms with Gasteiger partial charge >= 0.3 is 0 Å². The molecule has 1 aliphatic rings. The fourth-order valence-corrected chi connectivity index (χ4v) is 9.05. The van der Waals surface area contributed by atoms with E-state index in [0.29, 0.717) is 0 Å².